The smallest absolute Gasteiger partial charge is 0.243 e. The molecule has 1 aliphatic heterocycles. The van der Waals surface area contributed by atoms with Gasteiger partial charge in [0.05, 0.1) is 25.2 Å². The summed E-state index contributed by atoms with van der Waals surface area (Å²) in [5.41, 5.74) is 1.55. The summed E-state index contributed by atoms with van der Waals surface area (Å²) in [4.78, 5) is 4.26. The van der Waals surface area contributed by atoms with Crippen molar-refractivity contribution < 1.29 is 22.6 Å². The van der Waals surface area contributed by atoms with Crippen LogP contribution in [0.5, 0.6) is 11.5 Å². The van der Waals surface area contributed by atoms with Crippen molar-refractivity contribution in [3.8, 4) is 11.5 Å². The summed E-state index contributed by atoms with van der Waals surface area (Å²) in [6.45, 7) is 2.23. The fraction of sp³-hybridized carbons (Fsp3) is 0.320. The fourth-order valence-corrected chi connectivity index (χ4v) is 5.47. The van der Waals surface area contributed by atoms with E-state index in [-0.39, 0.29) is 18.0 Å². The van der Waals surface area contributed by atoms with Crippen molar-refractivity contribution in [1.29, 1.82) is 0 Å². The van der Waals surface area contributed by atoms with Gasteiger partial charge in [-0.2, -0.15) is 4.31 Å². The number of hydrogen-bond donors (Lipinski definition) is 0. The van der Waals surface area contributed by atoms with Crippen molar-refractivity contribution in [2.45, 2.75) is 24.4 Å². The Morgan fingerprint density at radius 1 is 1.09 bits per heavy atom. The van der Waals surface area contributed by atoms with E-state index >= 15 is 0 Å². The minimum Gasteiger partial charge on any atom is -0.493 e. The molecule has 2 heterocycles. The maximum absolute atomic E-state index is 13.6. The molecule has 0 bridgehead atoms. The number of rotatable bonds is 10. The summed E-state index contributed by atoms with van der Waals surface area (Å²) < 4.78 is 45.5. The van der Waals surface area contributed by atoms with Gasteiger partial charge in [-0.3, -0.25) is 4.98 Å². The van der Waals surface area contributed by atoms with Crippen molar-refractivity contribution in [2.75, 3.05) is 26.9 Å². The second-order valence-electron chi connectivity index (χ2n) is 8.12. The zero-order valence-electron chi connectivity index (χ0n) is 18.9. The Morgan fingerprint density at radius 3 is 2.65 bits per heavy atom. The average molecular weight is 503 g/mol. The molecule has 0 spiro atoms. The molecule has 0 saturated carbocycles. The lowest BCUT2D eigenvalue weighted by molar-refractivity contribution is 0.165. The first-order valence-electron chi connectivity index (χ1n) is 11.0. The van der Waals surface area contributed by atoms with Crippen LogP contribution in [0.4, 0.5) is 0 Å². The van der Waals surface area contributed by atoms with E-state index in [4.69, 9.17) is 25.8 Å². The number of aromatic nitrogens is 1. The highest BCUT2D eigenvalue weighted by Gasteiger charge is 2.26. The SMILES string of the molecule is COc1ccc(CN(Cc2cccnc2)S(=O)(=O)c2cccc(Cl)c2)cc1OC[C@@H]1CCOC1. The molecule has 1 aromatic heterocycles. The van der Waals surface area contributed by atoms with Crippen molar-refractivity contribution in [3.05, 3.63) is 83.1 Å². The lowest BCUT2D eigenvalue weighted by atomic mass is 10.1. The molecule has 1 saturated heterocycles. The minimum absolute atomic E-state index is 0.134. The molecule has 0 N–H and O–H groups in total. The molecule has 0 unspecified atom stereocenters. The molecule has 0 amide bonds. The Balaban J connectivity index is 1.62. The van der Waals surface area contributed by atoms with Gasteiger partial charge in [-0.25, -0.2) is 8.42 Å². The monoisotopic (exact) mass is 502 g/mol. The molecule has 0 radical (unpaired) electrons. The summed E-state index contributed by atoms with van der Waals surface area (Å²) in [5.74, 6) is 1.51. The van der Waals surface area contributed by atoms with Gasteiger partial charge in [-0.05, 0) is 53.9 Å². The highest BCUT2D eigenvalue weighted by molar-refractivity contribution is 7.89. The first-order chi connectivity index (χ1) is 16.5. The summed E-state index contributed by atoms with van der Waals surface area (Å²) in [7, 11) is -2.26. The van der Waals surface area contributed by atoms with E-state index in [9.17, 15) is 8.42 Å². The normalized spacial score (nSPS) is 16.0. The number of nitrogens with zero attached hydrogens (tertiary/aromatic N) is 2. The predicted octanol–water partition coefficient (Wildman–Crippen LogP) is 4.55. The van der Waals surface area contributed by atoms with Crippen LogP contribution < -0.4 is 9.47 Å². The summed E-state index contributed by atoms with van der Waals surface area (Å²) in [5, 5.41) is 0.360. The topological polar surface area (TPSA) is 78.0 Å². The molecule has 180 valence electrons. The van der Waals surface area contributed by atoms with Crippen LogP contribution in [0, 0.1) is 5.92 Å². The summed E-state index contributed by atoms with van der Waals surface area (Å²) in [6.07, 6.45) is 4.27. The molecule has 1 fully saturated rings. The Kier molecular flexibility index (Phi) is 8.05. The molecule has 2 aromatic carbocycles. The molecular formula is C25H27ClN2O5S. The van der Waals surface area contributed by atoms with E-state index < -0.39 is 10.0 Å². The van der Waals surface area contributed by atoms with Crippen LogP contribution in [0.3, 0.4) is 0 Å². The molecule has 1 aliphatic rings. The van der Waals surface area contributed by atoms with Gasteiger partial charge in [0.15, 0.2) is 11.5 Å². The van der Waals surface area contributed by atoms with E-state index in [0.717, 1.165) is 24.2 Å². The Morgan fingerprint density at radius 2 is 1.94 bits per heavy atom. The largest absolute Gasteiger partial charge is 0.493 e. The van der Waals surface area contributed by atoms with E-state index in [1.165, 1.54) is 10.4 Å². The maximum Gasteiger partial charge on any atom is 0.243 e. The summed E-state index contributed by atoms with van der Waals surface area (Å²) in [6, 6.07) is 15.4. The van der Waals surface area contributed by atoms with Crippen molar-refractivity contribution >= 4 is 21.6 Å². The maximum atomic E-state index is 13.6. The molecule has 4 rings (SSSR count). The molecule has 0 aliphatic carbocycles. The van der Waals surface area contributed by atoms with Crippen LogP contribution in [-0.2, 0) is 27.8 Å². The molecule has 7 nitrogen and oxygen atoms in total. The van der Waals surface area contributed by atoms with Crippen molar-refractivity contribution in [2.24, 2.45) is 5.92 Å². The van der Waals surface area contributed by atoms with Crippen LogP contribution in [0.2, 0.25) is 5.02 Å². The number of halogens is 1. The van der Waals surface area contributed by atoms with Gasteiger partial charge < -0.3 is 14.2 Å². The Bertz CT molecular complexity index is 1200. The van der Waals surface area contributed by atoms with Gasteiger partial charge in [0.2, 0.25) is 10.0 Å². The van der Waals surface area contributed by atoms with Gasteiger partial charge in [-0.1, -0.05) is 29.8 Å². The quantitative estimate of drug-likeness (QED) is 0.405. The number of ether oxygens (including phenoxy) is 3. The second-order valence-corrected chi connectivity index (χ2v) is 10.5. The molecule has 34 heavy (non-hydrogen) atoms. The molecule has 9 heteroatoms. The number of hydrogen-bond acceptors (Lipinski definition) is 6. The minimum atomic E-state index is -3.84. The van der Waals surface area contributed by atoms with Crippen LogP contribution >= 0.6 is 11.6 Å². The van der Waals surface area contributed by atoms with Gasteiger partial charge in [0.25, 0.3) is 0 Å². The summed E-state index contributed by atoms with van der Waals surface area (Å²) >= 11 is 6.09. The van der Waals surface area contributed by atoms with Gasteiger partial charge in [0, 0.05) is 43.0 Å². The number of pyridine rings is 1. The van der Waals surface area contributed by atoms with Crippen molar-refractivity contribution in [3.63, 3.8) is 0 Å². The third-order valence-corrected chi connectivity index (χ3v) is 7.62. The second kappa shape index (κ2) is 11.2. The Labute approximate surface area is 205 Å². The zero-order chi connectivity index (χ0) is 24.0. The molecular weight excluding hydrogens is 476 g/mol. The average Bonchev–Trinajstić information content (AvgIpc) is 3.37. The first kappa shape index (κ1) is 24.5. The van der Waals surface area contributed by atoms with E-state index in [1.54, 1.807) is 49.8 Å². The van der Waals surface area contributed by atoms with Crippen LogP contribution in [0.1, 0.15) is 17.5 Å². The van der Waals surface area contributed by atoms with Gasteiger partial charge in [-0.15, -0.1) is 0 Å². The van der Waals surface area contributed by atoms with E-state index in [0.29, 0.717) is 35.7 Å². The van der Waals surface area contributed by atoms with Crippen LogP contribution in [0.25, 0.3) is 0 Å². The number of benzene rings is 2. The fourth-order valence-electron chi connectivity index (χ4n) is 3.76. The lowest BCUT2D eigenvalue weighted by Crippen LogP contribution is -2.30. The van der Waals surface area contributed by atoms with Crippen molar-refractivity contribution in [1.82, 2.24) is 9.29 Å². The third-order valence-electron chi connectivity index (χ3n) is 5.60. The van der Waals surface area contributed by atoms with Gasteiger partial charge in [0.1, 0.15) is 0 Å². The van der Waals surface area contributed by atoms with Crippen LogP contribution in [0.15, 0.2) is 71.9 Å². The Hall–Kier alpha value is -2.65. The van der Waals surface area contributed by atoms with E-state index in [1.807, 2.05) is 18.2 Å². The van der Waals surface area contributed by atoms with E-state index in [2.05, 4.69) is 4.98 Å². The number of sulfonamides is 1. The molecule has 1 atom stereocenters. The zero-order valence-corrected chi connectivity index (χ0v) is 20.5. The highest BCUT2D eigenvalue weighted by atomic mass is 35.5. The van der Waals surface area contributed by atoms with Gasteiger partial charge >= 0.3 is 0 Å². The lowest BCUT2D eigenvalue weighted by Gasteiger charge is -2.23. The standard InChI is InChI=1S/C25H27ClN2O5S/c1-31-24-8-7-19(12-25(24)33-18-21-9-11-32-17-21)15-28(16-20-4-3-10-27-14-20)34(29,30)23-6-2-5-22(26)13-23/h2-8,10,12-14,21H,9,11,15-18H2,1H3/t21-/m1/s1. The highest BCUT2D eigenvalue weighted by Crippen LogP contribution is 2.31. The molecule has 3 aromatic rings. The third kappa shape index (κ3) is 6.07. The van der Waals surface area contributed by atoms with Crippen LogP contribution in [-0.4, -0.2) is 44.6 Å². The number of methoxy groups -OCH3 is 1. The first-order valence-corrected chi connectivity index (χ1v) is 12.8. The predicted molar refractivity (Wildman–Crippen MR) is 130 cm³/mol.